The molecule has 0 unspecified atom stereocenters. The first-order valence-corrected chi connectivity index (χ1v) is 5.76. The van der Waals surface area contributed by atoms with Crippen LogP contribution in [0.5, 0.6) is 5.75 Å². The molecule has 1 rings (SSSR count). The van der Waals surface area contributed by atoms with Crippen LogP contribution < -0.4 is 4.74 Å². The van der Waals surface area contributed by atoms with E-state index >= 15 is 0 Å². The molecular weight excluding hydrogens is 192 g/mol. The number of hydrogen-bond acceptors (Lipinski definition) is 2. The number of aryl methyl sites for hydroxylation is 1. The lowest BCUT2D eigenvalue weighted by Gasteiger charge is -2.05. The number of unbranched alkanes of at least 4 members (excludes halogenated alkanes) is 2. The van der Waals surface area contributed by atoms with Crippen molar-refractivity contribution in [2.24, 2.45) is 0 Å². The van der Waals surface area contributed by atoms with Crippen LogP contribution in [0.25, 0.3) is 0 Å². The molecule has 0 bridgehead atoms. The third kappa shape index (κ3) is 4.56. The monoisotopic (exact) mass is 210 g/mol. The Kier molecular flexibility index (Phi) is 5.53. The highest BCUT2D eigenvalue weighted by molar-refractivity contribution is 7.80. The Hall–Kier alpha value is -0.630. The van der Waals surface area contributed by atoms with E-state index < -0.39 is 0 Å². The summed E-state index contributed by atoms with van der Waals surface area (Å²) in [5.41, 5.74) is 1.25. The van der Waals surface area contributed by atoms with Crippen molar-refractivity contribution in [3.8, 4) is 5.75 Å². The minimum absolute atomic E-state index is 0.817. The molecule has 0 aliphatic carbocycles. The van der Waals surface area contributed by atoms with Crippen LogP contribution in [0.3, 0.4) is 0 Å². The van der Waals surface area contributed by atoms with Crippen LogP contribution in [0.1, 0.15) is 24.8 Å². The molecule has 0 fully saturated rings. The zero-order valence-electron chi connectivity index (χ0n) is 8.70. The maximum atomic E-state index is 5.61. The van der Waals surface area contributed by atoms with E-state index in [-0.39, 0.29) is 0 Å². The van der Waals surface area contributed by atoms with Gasteiger partial charge in [-0.1, -0.05) is 12.1 Å². The van der Waals surface area contributed by atoms with Gasteiger partial charge in [-0.2, -0.15) is 12.6 Å². The highest BCUT2D eigenvalue weighted by atomic mass is 32.1. The van der Waals surface area contributed by atoms with Crippen molar-refractivity contribution in [2.45, 2.75) is 26.2 Å². The van der Waals surface area contributed by atoms with Crippen molar-refractivity contribution >= 4 is 12.6 Å². The second-order valence-electron chi connectivity index (χ2n) is 3.45. The van der Waals surface area contributed by atoms with Gasteiger partial charge in [0.1, 0.15) is 5.75 Å². The Morgan fingerprint density at radius 1 is 1.21 bits per heavy atom. The van der Waals surface area contributed by atoms with E-state index in [2.05, 4.69) is 31.7 Å². The van der Waals surface area contributed by atoms with Crippen molar-refractivity contribution in [3.05, 3.63) is 29.8 Å². The second kappa shape index (κ2) is 6.77. The molecular formula is C12H18OS. The molecule has 1 nitrogen and oxygen atoms in total. The molecule has 0 N–H and O–H groups in total. The van der Waals surface area contributed by atoms with Crippen LogP contribution in [-0.4, -0.2) is 12.4 Å². The fraction of sp³-hybridized carbons (Fsp3) is 0.500. The van der Waals surface area contributed by atoms with Gasteiger partial charge in [0.25, 0.3) is 0 Å². The third-order valence-electron chi connectivity index (χ3n) is 2.06. The molecule has 0 aliphatic heterocycles. The lowest BCUT2D eigenvalue weighted by molar-refractivity contribution is 0.306. The van der Waals surface area contributed by atoms with Crippen molar-refractivity contribution in [2.75, 3.05) is 12.4 Å². The van der Waals surface area contributed by atoms with Gasteiger partial charge >= 0.3 is 0 Å². The minimum Gasteiger partial charge on any atom is -0.494 e. The Morgan fingerprint density at radius 2 is 2.07 bits per heavy atom. The second-order valence-corrected chi connectivity index (χ2v) is 3.90. The fourth-order valence-corrected chi connectivity index (χ4v) is 1.51. The zero-order valence-corrected chi connectivity index (χ0v) is 9.59. The van der Waals surface area contributed by atoms with Gasteiger partial charge in [-0.3, -0.25) is 0 Å². The highest BCUT2D eigenvalue weighted by Crippen LogP contribution is 2.12. The SMILES string of the molecule is Cc1cccc(OCCCCCS)c1. The molecule has 1 aromatic rings. The van der Waals surface area contributed by atoms with E-state index in [9.17, 15) is 0 Å². The van der Waals surface area contributed by atoms with Crippen LogP contribution in [-0.2, 0) is 0 Å². The van der Waals surface area contributed by atoms with Crippen LogP contribution >= 0.6 is 12.6 Å². The normalized spacial score (nSPS) is 10.1. The molecule has 2 heteroatoms. The molecule has 0 radical (unpaired) electrons. The van der Waals surface area contributed by atoms with Gasteiger partial charge in [0, 0.05) is 0 Å². The number of rotatable bonds is 6. The Bertz CT molecular complexity index is 260. The van der Waals surface area contributed by atoms with Gasteiger partial charge in [-0.25, -0.2) is 0 Å². The smallest absolute Gasteiger partial charge is 0.119 e. The summed E-state index contributed by atoms with van der Waals surface area (Å²) in [5.74, 6) is 1.96. The topological polar surface area (TPSA) is 9.23 Å². The van der Waals surface area contributed by atoms with Crippen LogP contribution in [0.15, 0.2) is 24.3 Å². The van der Waals surface area contributed by atoms with Gasteiger partial charge < -0.3 is 4.74 Å². The lowest BCUT2D eigenvalue weighted by Crippen LogP contribution is -1.97. The Balaban J connectivity index is 2.18. The van der Waals surface area contributed by atoms with E-state index in [0.717, 1.165) is 24.5 Å². The van der Waals surface area contributed by atoms with Crippen molar-refractivity contribution < 1.29 is 4.74 Å². The van der Waals surface area contributed by atoms with Gasteiger partial charge in [0.2, 0.25) is 0 Å². The first-order chi connectivity index (χ1) is 6.83. The summed E-state index contributed by atoms with van der Waals surface area (Å²) in [6.45, 7) is 2.89. The molecule has 0 heterocycles. The quantitative estimate of drug-likeness (QED) is 0.558. The van der Waals surface area contributed by atoms with Crippen molar-refractivity contribution in [1.82, 2.24) is 0 Å². The standard InChI is InChI=1S/C12H18OS/c1-11-6-5-7-12(10-11)13-8-3-2-4-9-14/h5-7,10,14H,2-4,8-9H2,1H3. The average Bonchev–Trinajstić information content (AvgIpc) is 2.18. The Morgan fingerprint density at radius 3 is 2.79 bits per heavy atom. The highest BCUT2D eigenvalue weighted by Gasteiger charge is 1.93. The minimum atomic E-state index is 0.817. The van der Waals surface area contributed by atoms with Crippen molar-refractivity contribution in [1.29, 1.82) is 0 Å². The summed E-state index contributed by atoms with van der Waals surface area (Å²) in [6.07, 6.45) is 3.50. The van der Waals surface area contributed by atoms with E-state index in [0.29, 0.717) is 0 Å². The largest absolute Gasteiger partial charge is 0.494 e. The molecule has 0 saturated carbocycles. The number of benzene rings is 1. The van der Waals surface area contributed by atoms with Gasteiger partial charge in [-0.05, 0) is 49.6 Å². The number of ether oxygens (including phenoxy) is 1. The molecule has 0 spiro atoms. The predicted molar refractivity (Wildman–Crippen MR) is 64.4 cm³/mol. The van der Waals surface area contributed by atoms with Gasteiger partial charge in [0.15, 0.2) is 0 Å². The van der Waals surface area contributed by atoms with Gasteiger partial charge in [-0.15, -0.1) is 0 Å². The fourth-order valence-electron chi connectivity index (χ4n) is 1.29. The zero-order chi connectivity index (χ0) is 10.2. The molecule has 0 aromatic heterocycles. The summed E-state index contributed by atoms with van der Waals surface area (Å²) in [7, 11) is 0. The maximum absolute atomic E-state index is 5.61. The molecule has 0 amide bonds. The van der Waals surface area contributed by atoms with Crippen LogP contribution in [0, 0.1) is 6.92 Å². The molecule has 14 heavy (non-hydrogen) atoms. The first-order valence-electron chi connectivity index (χ1n) is 5.13. The third-order valence-corrected chi connectivity index (χ3v) is 2.38. The summed E-state index contributed by atoms with van der Waals surface area (Å²) in [5, 5.41) is 0. The lowest BCUT2D eigenvalue weighted by atomic mass is 10.2. The summed E-state index contributed by atoms with van der Waals surface area (Å²) < 4.78 is 5.61. The number of hydrogen-bond donors (Lipinski definition) is 1. The molecule has 1 aromatic carbocycles. The molecule has 78 valence electrons. The van der Waals surface area contributed by atoms with Gasteiger partial charge in [0.05, 0.1) is 6.61 Å². The van der Waals surface area contributed by atoms with E-state index in [1.807, 2.05) is 12.1 Å². The summed E-state index contributed by atoms with van der Waals surface area (Å²) in [4.78, 5) is 0. The first kappa shape index (κ1) is 11.4. The predicted octanol–water partition coefficient (Wildman–Crippen LogP) is 3.47. The summed E-state index contributed by atoms with van der Waals surface area (Å²) in [6, 6.07) is 8.18. The molecule has 0 aliphatic rings. The molecule has 0 atom stereocenters. The van der Waals surface area contributed by atoms with Crippen molar-refractivity contribution in [3.63, 3.8) is 0 Å². The number of thiol groups is 1. The van der Waals surface area contributed by atoms with E-state index in [4.69, 9.17) is 4.74 Å². The molecule has 0 saturated heterocycles. The Labute approximate surface area is 91.9 Å². The van der Waals surface area contributed by atoms with Crippen LogP contribution in [0.2, 0.25) is 0 Å². The van der Waals surface area contributed by atoms with Crippen LogP contribution in [0.4, 0.5) is 0 Å². The van der Waals surface area contributed by atoms with E-state index in [1.165, 1.54) is 18.4 Å². The summed E-state index contributed by atoms with van der Waals surface area (Å²) >= 11 is 4.17. The maximum Gasteiger partial charge on any atom is 0.119 e. The average molecular weight is 210 g/mol. The van der Waals surface area contributed by atoms with E-state index in [1.54, 1.807) is 0 Å².